The molecule has 114 valence electrons. The minimum absolute atomic E-state index is 0.0898. The summed E-state index contributed by atoms with van der Waals surface area (Å²) in [6, 6.07) is 3.26. The van der Waals surface area contributed by atoms with Crippen molar-refractivity contribution in [2.24, 2.45) is 11.3 Å². The molecule has 0 aromatic carbocycles. The van der Waals surface area contributed by atoms with Gasteiger partial charge in [-0.15, -0.1) is 0 Å². The molecule has 0 bridgehead atoms. The quantitative estimate of drug-likeness (QED) is 0.932. The van der Waals surface area contributed by atoms with E-state index in [4.69, 9.17) is 0 Å². The summed E-state index contributed by atoms with van der Waals surface area (Å²) in [7, 11) is 0. The van der Waals surface area contributed by atoms with Gasteiger partial charge in [0.1, 0.15) is 5.41 Å². The zero-order valence-corrected chi connectivity index (χ0v) is 11.7. The van der Waals surface area contributed by atoms with Crippen molar-refractivity contribution >= 4 is 0 Å². The number of halogens is 3. The molecule has 4 rings (SSSR count). The monoisotopic (exact) mass is 297 g/mol. The van der Waals surface area contributed by atoms with E-state index < -0.39 is 11.6 Å². The summed E-state index contributed by atoms with van der Waals surface area (Å²) in [5, 5.41) is 11.2. The second-order valence-corrected chi connectivity index (χ2v) is 7.07. The van der Waals surface area contributed by atoms with Gasteiger partial charge in [-0.25, -0.2) is 0 Å². The highest BCUT2D eigenvalue weighted by atomic mass is 19.4. The van der Waals surface area contributed by atoms with Crippen LogP contribution in [-0.4, -0.2) is 29.5 Å². The summed E-state index contributed by atoms with van der Waals surface area (Å²) >= 11 is 0. The van der Waals surface area contributed by atoms with Crippen LogP contribution in [0.15, 0.2) is 12.1 Å². The summed E-state index contributed by atoms with van der Waals surface area (Å²) in [6.45, 7) is 2.23. The van der Waals surface area contributed by atoms with Gasteiger partial charge < -0.3 is 5.32 Å². The van der Waals surface area contributed by atoms with E-state index in [0.29, 0.717) is 11.3 Å². The fraction of sp³-hybridized carbons (Fsp3) is 0.733. The van der Waals surface area contributed by atoms with Crippen molar-refractivity contribution in [3.63, 3.8) is 0 Å². The Morgan fingerprint density at radius 3 is 2.29 bits per heavy atom. The van der Waals surface area contributed by atoms with Gasteiger partial charge in [0.2, 0.25) is 0 Å². The molecular formula is C15H18F3N3. The van der Waals surface area contributed by atoms with Gasteiger partial charge in [0.25, 0.3) is 0 Å². The Morgan fingerprint density at radius 1 is 1.14 bits per heavy atom. The molecule has 2 saturated carbocycles. The number of alkyl halides is 3. The van der Waals surface area contributed by atoms with Crippen molar-refractivity contribution in [2.45, 2.75) is 43.7 Å². The second-order valence-electron chi connectivity index (χ2n) is 7.07. The van der Waals surface area contributed by atoms with Crippen molar-refractivity contribution < 1.29 is 13.2 Å². The third kappa shape index (κ3) is 2.06. The minimum Gasteiger partial charge on any atom is -0.316 e. The average molecular weight is 297 g/mol. The van der Waals surface area contributed by atoms with E-state index in [2.05, 4.69) is 15.5 Å². The standard InChI is InChI=1S/C15H18F3N3/c16-15(17,18)14(3-4-14)12-2-1-11(20-21-12)5-10-6-13(7-10)8-19-9-13/h1-2,10,19H,3-9H2. The van der Waals surface area contributed by atoms with Gasteiger partial charge in [-0.1, -0.05) is 0 Å². The summed E-state index contributed by atoms with van der Waals surface area (Å²) in [5.41, 5.74) is -0.279. The lowest BCUT2D eigenvalue weighted by Crippen LogP contribution is -2.60. The van der Waals surface area contributed by atoms with Crippen LogP contribution in [-0.2, 0) is 11.8 Å². The van der Waals surface area contributed by atoms with Gasteiger partial charge in [0.15, 0.2) is 0 Å². The third-order valence-corrected chi connectivity index (χ3v) is 5.44. The first-order valence-electron chi connectivity index (χ1n) is 7.53. The Balaban J connectivity index is 1.41. The molecule has 1 aromatic rings. The summed E-state index contributed by atoms with van der Waals surface area (Å²) in [4.78, 5) is 0. The van der Waals surface area contributed by atoms with Gasteiger partial charge in [0, 0.05) is 13.1 Å². The SMILES string of the molecule is FC(F)(F)C1(c2ccc(CC3CC4(CNC4)C3)nn2)CC1. The van der Waals surface area contributed by atoms with Gasteiger partial charge >= 0.3 is 6.18 Å². The molecular weight excluding hydrogens is 279 g/mol. The molecule has 1 spiro atoms. The fourth-order valence-corrected chi connectivity index (χ4v) is 3.91. The predicted octanol–water partition coefficient (Wildman–Crippen LogP) is 2.61. The number of hydrogen-bond donors (Lipinski definition) is 1. The van der Waals surface area contributed by atoms with Crippen LogP contribution in [0.4, 0.5) is 13.2 Å². The first-order valence-corrected chi connectivity index (χ1v) is 7.53. The van der Waals surface area contributed by atoms with E-state index in [1.165, 1.54) is 18.9 Å². The largest absolute Gasteiger partial charge is 0.400 e. The highest BCUT2D eigenvalue weighted by Gasteiger charge is 2.65. The van der Waals surface area contributed by atoms with E-state index in [1.807, 2.05) is 0 Å². The lowest BCUT2D eigenvalue weighted by Gasteiger charge is -2.54. The lowest BCUT2D eigenvalue weighted by atomic mass is 9.57. The number of hydrogen-bond acceptors (Lipinski definition) is 3. The van der Waals surface area contributed by atoms with Crippen molar-refractivity contribution in [1.29, 1.82) is 0 Å². The number of nitrogens with zero attached hydrogens (tertiary/aromatic N) is 2. The molecule has 1 saturated heterocycles. The van der Waals surface area contributed by atoms with Gasteiger partial charge in [-0.05, 0) is 55.6 Å². The van der Waals surface area contributed by atoms with Gasteiger partial charge in [0.05, 0.1) is 11.4 Å². The molecule has 1 aliphatic heterocycles. The van der Waals surface area contributed by atoms with E-state index >= 15 is 0 Å². The molecule has 3 aliphatic rings. The first kappa shape index (κ1) is 13.5. The summed E-state index contributed by atoms with van der Waals surface area (Å²) in [6.07, 6.45) is -0.675. The van der Waals surface area contributed by atoms with Crippen molar-refractivity contribution in [1.82, 2.24) is 15.5 Å². The fourth-order valence-electron chi connectivity index (χ4n) is 3.91. The molecule has 0 unspecified atom stereocenters. The molecule has 1 aromatic heterocycles. The average Bonchev–Trinajstić information content (AvgIpc) is 3.12. The molecule has 0 radical (unpaired) electrons. The molecule has 6 heteroatoms. The Hall–Kier alpha value is -1.17. The number of rotatable bonds is 3. The second kappa shape index (κ2) is 4.18. The Labute approximate surface area is 121 Å². The summed E-state index contributed by atoms with van der Waals surface area (Å²) < 4.78 is 39.0. The topological polar surface area (TPSA) is 37.8 Å². The van der Waals surface area contributed by atoms with E-state index in [0.717, 1.165) is 25.2 Å². The normalized spacial score (nSPS) is 26.2. The molecule has 1 N–H and O–H groups in total. The summed E-state index contributed by atoms with van der Waals surface area (Å²) in [5.74, 6) is 0.616. The van der Waals surface area contributed by atoms with Crippen LogP contribution < -0.4 is 5.32 Å². The van der Waals surface area contributed by atoms with Crippen LogP contribution in [0.5, 0.6) is 0 Å². The molecule has 3 fully saturated rings. The molecule has 21 heavy (non-hydrogen) atoms. The predicted molar refractivity (Wildman–Crippen MR) is 70.7 cm³/mol. The Kier molecular flexibility index (Phi) is 2.69. The van der Waals surface area contributed by atoms with Crippen LogP contribution in [0, 0.1) is 11.3 Å². The third-order valence-electron chi connectivity index (χ3n) is 5.44. The maximum Gasteiger partial charge on any atom is 0.400 e. The van der Waals surface area contributed by atoms with Crippen LogP contribution in [0.3, 0.4) is 0 Å². The smallest absolute Gasteiger partial charge is 0.316 e. The number of aromatic nitrogens is 2. The maximum atomic E-state index is 13.0. The molecule has 2 aliphatic carbocycles. The van der Waals surface area contributed by atoms with E-state index in [9.17, 15) is 13.2 Å². The van der Waals surface area contributed by atoms with E-state index in [-0.39, 0.29) is 18.5 Å². The highest BCUT2D eigenvalue weighted by molar-refractivity contribution is 5.27. The first-order chi connectivity index (χ1) is 9.93. The van der Waals surface area contributed by atoms with Gasteiger partial charge in [-0.3, -0.25) is 0 Å². The van der Waals surface area contributed by atoms with Crippen LogP contribution in [0.25, 0.3) is 0 Å². The maximum absolute atomic E-state index is 13.0. The highest BCUT2D eigenvalue weighted by Crippen LogP contribution is 2.58. The van der Waals surface area contributed by atoms with Crippen molar-refractivity contribution in [3.8, 4) is 0 Å². The zero-order chi connectivity index (χ0) is 14.7. The van der Waals surface area contributed by atoms with E-state index in [1.54, 1.807) is 6.07 Å². The van der Waals surface area contributed by atoms with Crippen LogP contribution in [0.1, 0.15) is 37.1 Å². The van der Waals surface area contributed by atoms with Crippen molar-refractivity contribution in [2.75, 3.05) is 13.1 Å². The Bertz CT molecular complexity index is 536. The molecule has 2 heterocycles. The lowest BCUT2D eigenvalue weighted by molar-refractivity contribution is -0.161. The Morgan fingerprint density at radius 2 is 1.86 bits per heavy atom. The van der Waals surface area contributed by atoms with Crippen LogP contribution in [0.2, 0.25) is 0 Å². The van der Waals surface area contributed by atoms with Crippen molar-refractivity contribution in [3.05, 3.63) is 23.5 Å². The zero-order valence-electron chi connectivity index (χ0n) is 11.7. The molecule has 0 amide bonds. The van der Waals surface area contributed by atoms with Gasteiger partial charge in [-0.2, -0.15) is 23.4 Å². The molecule has 3 nitrogen and oxygen atoms in total. The number of nitrogens with one attached hydrogen (secondary N) is 1. The van der Waals surface area contributed by atoms with Crippen LogP contribution >= 0.6 is 0 Å². The minimum atomic E-state index is -4.21. The molecule has 0 atom stereocenters.